The normalized spacial score (nSPS) is 12.5. The summed E-state index contributed by atoms with van der Waals surface area (Å²) in [5, 5.41) is 2.64. The third-order valence-corrected chi connectivity index (χ3v) is 5.39. The SMILES string of the molecule is CN1CCCC1.Cc1ccc(-c2ccccc2)cc1.Cc1ccc2ccccc2c1.II. The third kappa shape index (κ3) is 9.59. The van der Waals surface area contributed by atoms with E-state index < -0.39 is 0 Å². The van der Waals surface area contributed by atoms with E-state index in [4.69, 9.17) is 0 Å². The average Bonchev–Trinajstić information content (AvgIpc) is 3.33. The molecule has 168 valence electrons. The van der Waals surface area contributed by atoms with E-state index in [1.165, 1.54) is 59.0 Å². The molecule has 1 fully saturated rings. The molecule has 1 nitrogen and oxygen atoms in total. The number of likely N-dealkylation sites (tertiary alicyclic amines) is 1. The summed E-state index contributed by atoms with van der Waals surface area (Å²) in [4.78, 5) is 2.36. The van der Waals surface area contributed by atoms with Gasteiger partial charge in [-0.25, -0.2) is 0 Å². The van der Waals surface area contributed by atoms with Crippen molar-refractivity contribution in [3.05, 3.63) is 108 Å². The van der Waals surface area contributed by atoms with Crippen molar-refractivity contribution in [2.45, 2.75) is 26.7 Å². The molecular weight excluding hydrogens is 616 g/mol. The van der Waals surface area contributed by atoms with Crippen LogP contribution in [0.4, 0.5) is 0 Å². The van der Waals surface area contributed by atoms with Crippen molar-refractivity contribution < 1.29 is 0 Å². The fraction of sp³-hybridized carbons (Fsp3) is 0.241. The van der Waals surface area contributed by atoms with E-state index in [9.17, 15) is 0 Å². The number of aryl methyl sites for hydroxylation is 2. The summed E-state index contributed by atoms with van der Waals surface area (Å²) < 4.78 is 0. The molecule has 0 bridgehead atoms. The highest BCUT2D eigenvalue weighted by atomic mass is 128. The van der Waals surface area contributed by atoms with Gasteiger partial charge in [-0.2, -0.15) is 0 Å². The first-order chi connectivity index (χ1) is 15.6. The molecule has 32 heavy (non-hydrogen) atoms. The van der Waals surface area contributed by atoms with Gasteiger partial charge in [0.15, 0.2) is 0 Å². The molecule has 0 aliphatic carbocycles. The minimum absolute atomic E-state index is 1.28. The lowest BCUT2D eigenvalue weighted by molar-refractivity contribution is 0.418. The molecule has 0 N–H and O–H groups in total. The number of rotatable bonds is 1. The lowest BCUT2D eigenvalue weighted by Crippen LogP contribution is -2.10. The van der Waals surface area contributed by atoms with Gasteiger partial charge in [0.25, 0.3) is 0 Å². The van der Waals surface area contributed by atoms with Gasteiger partial charge < -0.3 is 4.90 Å². The molecule has 1 aliphatic rings. The van der Waals surface area contributed by atoms with E-state index in [2.05, 4.69) is 154 Å². The second-order valence-corrected chi connectivity index (χ2v) is 8.09. The van der Waals surface area contributed by atoms with Crippen LogP contribution in [0.15, 0.2) is 97.1 Å². The summed E-state index contributed by atoms with van der Waals surface area (Å²) in [5.41, 5.74) is 5.19. The first-order valence-electron chi connectivity index (χ1n) is 11.0. The lowest BCUT2D eigenvalue weighted by Gasteiger charge is -2.01. The topological polar surface area (TPSA) is 3.24 Å². The Morgan fingerprint density at radius 3 is 1.62 bits per heavy atom. The number of hydrogen-bond acceptors (Lipinski definition) is 1. The minimum atomic E-state index is 1.28. The van der Waals surface area contributed by atoms with Crippen molar-refractivity contribution in [3.63, 3.8) is 0 Å². The Morgan fingerprint density at radius 2 is 1.06 bits per heavy atom. The van der Waals surface area contributed by atoms with Crippen molar-refractivity contribution in [2.24, 2.45) is 0 Å². The van der Waals surface area contributed by atoms with Crippen LogP contribution in [-0.2, 0) is 0 Å². The highest BCUT2D eigenvalue weighted by Crippen LogP contribution is 2.18. The van der Waals surface area contributed by atoms with Crippen LogP contribution in [0.1, 0.15) is 24.0 Å². The van der Waals surface area contributed by atoms with Crippen LogP contribution in [0.3, 0.4) is 0 Å². The molecule has 0 unspecified atom stereocenters. The Bertz CT molecular complexity index is 1020. The number of nitrogens with zero attached hydrogens (tertiary/aromatic N) is 1. The molecule has 0 radical (unpaired) electrons. The molecule has 3 heteroatoms. The zero-order chi connectivity index (χ0) is 23.2. The molecule has 0 atom stereocenters. The summed E-state index contributed by atoms with van der Waals surface area (Å²) in [6.07, 6.45) is 2.83. The molecule has 0 amide bonds. The molecule has 5 rings (SSSR count). The van der Waals surface area contributed by atoms with Gasteiger partial charge >= 0.3 is 0 Å². The van der Waals surface area contributed by atoms with Crippen LogP contribution >= 0.6 is 37.2 Å². The predicted octanol–water partition coefficient (Wildman–Crippen LogP) is 9.29. The van der Waals surface area contributed by atoms with E-state index in [1.807, 2.05) is 6.07 Å². The van der Waals surface area contributed by atoms with Crippen LogP contribution in [0.25, 0.3) is 21.9 Å². The number of halogens is 2. The van der Waals surface area contributed by atoms with Gasteiger partial charge in [-0.05, 0) is 68.7 Å². The van der Waals surface area contributed by atoms with E-state index in [1.54, 1.807) is 0 Å². The zero-order valence-corrected chi connectivity index (χ0v) is 23.6. The summed E-state index contributed by atoms with van der Waals surface area (Å²) in [6, 6.07) is 33.9. The highest BCUT2D eigenvalue weighted by Gasteiger charge is 2.03. The summed E-state index contributed by atoms with van der Waals surface area (Å²) >= 11 is 4.24. The van der Waals surface area contributed by atoms with Gasteiger partial charge in [-0.15, -0.1) is 0 Å². The zero-order valence-electron chi connectivity index (χ0n) is 19.3. The maximum absolute atomic E-state index is 2.36. The molecule has 0 aromatic heterocycles. The first kappa shape index (κ1) is 26.8. The monoisotopic (exact) mass is 649 g/mol. The van der Waals surface area contributed by atoms with Gasteiger partial charge in [-0.1, -0.05) is 108 Å². The number of fused-ring (bicyclic) bond motifs is 1. The Labute approximate surface area is 217 Å². The van der Waals surface area contributed by atoms with Crippen LogP contribution in [-0.4, -0.2) is 25.0 Å². The van der Waals surface area contributed by atoms with Gasteiger partial charge in [-0.3, -0.25) is 0 Å². The Balaban J connectivity index is 0.000000173. The van der Waals surface area contributed by atoms with Crippen LogP contribution in [0.2, 0.25) is 0 Å². The fourth-order valence-electron chi connectivity index (χ4n) is 3.56. The van der Waals surface area contributed by atoms with Gasteiger partial charge in [0.05, 0.1) is 0 Å². The largest absolute Gasteiger partial charge is 0.306 e. The van der Waals surface area contributed by atoms with Gasteiger partial charge in [0.1, 0.15) is 0 Å². The van der Waals surface area contributed by atoms with Crippen LogP contribution in [0.5, 0.6) is 0 Å². The molecular formula is C29H33I2N. The van der Waals surface area contributed by atoms with E-state index in [0.29, 0.717) is 0 Å². The van der Waals surface area contributed by atoms with Crippen molar-refractivity contribution in [1.29, 1.82) is 0 Å². The first-order valence-corrected chi connectivity index (χ1v) is 17.3. The lowest BCUT2D eigenvalue weighted by atomic mass is 10.0. The second kappa shape index (κ2) is 15.4. The van der Waals surface area contributed by atoms with Crippen LogP contribution in [0, 0.1) is 13.8 Å². The highest BCUT2D eigenvalue weighted by molar-refractivity contribution is 15.0. The van der Waals surface area contributed by atoms with E-state index in [0.717, 1.165) is 0 Å². The molecule has 4 aromatic rings. The Kier molecular flexibility index (Phi) is 12.9. The van der Waals surface area contributed by atoms with E-state index >= 15 is 0 Å². The molecule has 1 heterocycles. The van der Waals surface area contributed by atoms with Crippen molar-refractivity contribution in [3.8, 4) is 11.1 Å². The minimum Gasteiger partial charge on any atom is -0.306 e. The average molecular weight is 649 g/mol. The van der Waals surface area contributed by atoms with Gasteiger partial charge in [0.2, 0.25) is 0 Å². The van der Waals surface area contributed by atoms with Crippen molar-refractivity contribution in [1.82, 2.24) is 4.90 Å². The molecule has 1 aliphatic heterocycles. The second-order valence-electron chi connectivity index (χ2n) is 8.09. The van der Waals surface area contributed by atoms with Crippen molar-refractivity contribution in [2.75, 3.05) is 20.1 Å². The van der Waals surface area contributed by atoms with Crippen molar-refractivity contribution >= 4 is 48.0 Å². The summed E-state index contributed by atoms with van der Waals surface area (Å²) in [7, 11) is 2.17. The predicted molar refractivity (Wildman–Crippen MR) is 160 cm³/mol. The Hall–Kier alpha value is -1.44. The fourth-order valence-corrected chi connectivity index (χ4v) is 3.56. The molecule has 1 saturated heterocycles. The number of hydrogen-bond donors (Lipinski definition) is 0. The number of benzene rings is 4. The Morgan fingerprint density at radius 1 is 0.562 bits per heavy atom. The summed E-state index contributed by atoms with van der Waals surface area (Å²) in [6.45, 7) is 6.86. The molecule has 0 spiro atoms. The third-order valence-electron chi connectivity index (χ3n) is 5.39. The van der Waals surface area contributed by atoms with Gasteiger partial charge in [0, 0.05) is 37.2 Å². The smallest absolute Gasteiger partial charge is 0 e. The molecule has 0 saturated carbocycles. The van der Waals surface area contributed by atoms with E-state index in [-0.39, 0.29) is 0 Å². The standard InChI is InChI=1S/C13H12.C11H10.C5H11N.I2/c1-11-7-9-13(10-8-11)12-5-3-2-4-6-12;1-9-6-7-10-4-2-3-5-11(10)8-9;1-6-4-2-3-5-6;1-2/h2-10H,1H3;2-8H,1H3;2-5H2,1H3;. The molecule has 4 aromatic carbocycles. The maximum atomic E-state index is 2.36. The van der Waals surface area contributed by atoms with Crippen LogP contribution < -0.4 is 0 Å². The quantitative estimate of drug-likeness (QED) is 0.186. The summed E-state index contributed by atoms with van der Waals surface area (Å²) in [5.74, 6) is 0. The maximum Gasteiger partial charge on any atom is 0 e.